The summed E-state index contributed by atoms with van der Waals surface area (Å²) < 4.78 is 0.289. The summed E-state index contributed by atoms with van der Waals surface area (Å²) in [4.78, 5) is 1.61. The number of nitrogens with zero attached hydrogens (tertiary/aromatic N) is 1. The van der Waals surface area contributed by atoms with Crippen LogP contribution in [0.1, 0.15) is 19.8 Å². The van der Waals surface area contributed by atoms with E-state index in [1.54, 1.807) is 4.90 Å². The number of thiocarbonyl (C=S) groups is 1. The van der Waals surface area contributed by atoms with E-state index in [0.29, 0.717) is 6.54 Å². The first-order chi connectivity index (χ1) is 8.84. The predicted molar refractivity (Wildman–Crippen MR) is 79.2 cm³/mol. The van der Waals surface area contributed by atoms with Gasteiger partial charge in [-0.3, -0.25) is 0 Å². The molecule has 4 unspecified atom stereocenters. The molecule has 0 spiro atoms. The van der Waals surface area contributed by atoms with Crippen LogP contribution in [0, 0.1) is 0 Å². The lowest BCUT2D eigenvalue weighted by Crippen LogP contribution is -2.50. The van der Waals surface area contributed by atoms with Crippen LogP contribution in [0.15, 0.2) is 0 Å². The molecule has 114 valence electrons. The van der Waals surface area contributed by atoms with Crippen molar-refractivity contribution < 1.29 is 25.5 Å². The van der Waals surface area contributed by atoms with Gasteiger partial charge in [0.1, 0.15) is 22.6 Å². The highest BCUT2D eigenvalue weighted by Gasteiger charge is 2.31. The second kappa shape index (κ2) is 9.87. The van der Waals surface area contributed by atoms with Crippen LogP contribution in [0.2, 0.25) is 0 Å². The zero-order valence-corrected chi connectivity index (χ0v) is 12.6. The molecule has 0 fully saturated rings. The Morgan fingerprint density at radius 3 is 2.11 bits per heavy atom. The third-order valence-electron chi connectivity index (χ3n) is 2.78. The number of unbranched alkanes of at least 4 members (excludes halogenated alkanes) is 1. The minimum Gasteiger partial charge on any atom is -0.394 e. The minimum atomic E-state index is -1.62. The molecule has 0 saturated heterocycles. The molecule has 4 atom stereocenters. The number of rotatable bonds is 9. The van der Waals surface area contributed by atoms with Crippen molar-refractivity contribution in [1.29, 1.82) is 0 Å². The van der Waals surface area contributed by atoms with Gasteiger partial charge in [-0.2, -0.15) is 0 Å². The molecule has 0 aliphatic carbocycles. The van der Waals surface area contributed by atoms with Crippen molar-refractivity contribution in [1.82, 2.24) is 4.90 Å². The maximum atomic E-state index is 9.81. The summed E-state index contributed by atoms with van der Waals surface area (Å²) >= 11 is 8.95. The lowest BCUT2D eigenvalue weighted by atomic mass is 10.0. The lowest BCUT2D eigenvalue weighted by Gasteiger charge is -2.30. The van der Waals surface area contributed by atoms with Crippen LogP contribution >= 0.6 is 24.8 Å². The van der Waals surface area contributed by atoms with Crippen LogP contribution in [-0.2, 0) is 0 Å². The molecule has 6 nitrogen and oxygen atoms in total. The van der Waals surface area contributed by atoms with E-state index >= 15 is 0 Å². The molecule has 0 aromatic carbocycles. The van der Waals surface area contributed by atoms with Crippen LogP contribution in [0.4, 0.5) is 0 Å². The third kappa shape index (κ3) is 6.84. The highest BCUT2D eigenvalue weighted by molar-refractivity contribution is 8.10. The Morgan fingerprint density at radius 2 is 1.68 bits per heavy atom. The molecule has 19 heavy (non-hydrogen) atoms. The van der Waals surface area contributed by atoms with E-state index in [1.807, 2.05) is 6.92 Å². The summed E-state index contributed by atoms with van der Waals surface area (Å²) in [5.41, 5.74) is 0. The number of aliphatic hydroxyl groups is 5. The molecule has 5 N–H and O–H groups in total. The average Bonchev–Trinajstić information content (AvgIpc) is 2.39. The van der Waals surface area contributed by atoms with Gasteiger partial charge in [-0.05, 0) is 6.42 Å². The van der Waals surface area contributed by atoms with E-state index in [0.717, 1.165) is 12.8 Å². The van der Waals surface area contributed by atoms with Crippen molar-refractivity contribution in [2.75, 3.05) is 19.7 Å². The van der Waals surface area contributed by atoms with Gasteiger partial charge in [-0.25, -0.2) is 0 Å². The molecule has 0 aliphatic heterocycles. The average molecular weight is 313 g/mol. The molecule has 0 rings (SSSR count). The smallest absolute Gasteiger partial charge is 0.133 e. The zero-order valence-electron chi connectivity index (χ0n) is 10.9. The SMILES string of the molecule is CCCCN(CC(O)C(O)C(O)C(O)CO)C(=S)S. The fourth-order valence-electron chi connectivity index (χ4n) is 1.51. The molecular weight excluding hydrogens is 290 g/mol. The molecular formula is C11H23NO5S2. The minimum absolute atomic E-state index is 0.00128. The number of hydrogen-bond acceptors (Lipinski definition) is 6. The number of hydrogen-bond donors (Lipinski definition) is 6. The van der Waals surface area contributed by atoms with E-state index in [9.17, 15) is 20.4 Å². The van der Waals surface area contributed by atoms with Crippen LogP contribution in [0.5, 0.6) is 0 Å². The highest BCUT2D eigenvalue weighted by Crippen LogP contribution is 2.09. The van der Waals surface area contributed by atoms with Crippen molar-refractivity contribution in [3.05, 3.63) is 0 Å². The fourth-order valence-corrected chi connectivity index (χ4v) is 1.86. The highest BCUT2D eigenvalue weighted by atomic mass is 32.1. The zero-order chi connectivity index (χ0) is 15.0. The first kappa shape index (κ1) is 19.0. The molecule has 8 heteroatoms. The Balaban J connectivity index is 4.45. The molecule has 0 aromatic heterocycles. The summed E-state index contributed by atoms with van der Waals surface area (Å²) in [6.45, 7) is 1.89. The number of aliphatic hydroxyl groups excluding tert-OH is 5. The molecule has 0 bridgehead atoms. The largest absolute Gasteiger partial charge is 0.394 e. The van der Waals surface area contributed by atoms with Gasteiger partial charge in [-0.15, -0.1) is 12.6 Å². The van der Waals surface area contributed by atoms with Gasteiger partial charge in [-0.1, -0.05) is 25.6 Å². The molecule has 0 amide bonds. The Kier molecular flexibility index (Phi) is 9.89. The summed E-state index contributed by atoms with van der Waals surface area (Å²) in [5, 5.41) is 46.9. The van der Waals surface area contributed by atoms with Gasteiger partial charge in [0.05, 0.1) is 12.7 Å². The Bertz CT molecular complexity index is 269. The molecule has 0 aliphatic rings. The van der Waals surface area contributed by atoms with Crippen LogP contribution in [0.25, 0.3) is 0 Å². The molecule has 0 saturated carbocycles. The van der Waals surface area contributed by atoms with Crippen LogP contribution in [0.3, 0.4) is 0 Å². The fraction of sp³-hybridized carbons (Fsp3) is 0.909. The Hall–Kier alpha value is 0.0400. The topological polar surface area (TPSA) is 104 Å². The normalized spacial score (nSPS) is 17.6. The van der Waals surface area contributed by atoms with Crippen molar-refractivity contribution in [2.24, 2.45) is 0 Å². The first-order valence-electron chi connectivity index (χ1n) is 6.16. The van der Waals surface area contributed by atoms with Crippen molar-refractivity contribution in [3.8, 4) is 0 Å². The Labute approximate surface area is 124 Å². The van der Waals surface area contributed by atoms with Gasteiger partial charge in [0.15, 0.2) is 0 Å². The van der Waals surface area contributed by atoms with E-state index in [1.165, 1.54) is 0 Å². The van der Waals surface area contributed by atoms with Crippen molar-refractivity contribution in [2.45, 2.75) is 44.2 Å². The number of thiol groups is 1. The van der Waals surface area contributed by atoms with Gasteiger partial charge in [0, 0.05) is 13.1 Å². The predicted octanol–water partition coefficient (Wildman–Crippen LogP) is -1.26. The monoisotopic (exact) mass is 313 g/mol. The van der Waals surface area contributed by atoms with Crippen LogP contribution in [-0.4, -0.2) is 78.9 Å². The molecule has 0 radical (unpaired) electrons. The van der Waals surface area contributed by atoms with Crippen molar-refractivity contribution >= 4 is 29.2 Å². The Morgan fingerprint density at radius 1 is 1.16 bits per heavy atom. The summed E-state index contributed by atoms with van der Waals surface area (Å²) in [5.74, 6) is 0. The van der Waals surface area contributed by atoms with E-state index in [2.05, 4.69) is 12.6 Å². The van der Waals surface area contributed by atoms with Gasteiger partial charge in [0.25, 0.3) is 0 Å². The first-order valence-corrected chi connectivity index (χ1v) is 7.01. The summed E-state index contributed by atoms with van der Waals surface area (Å²) in [6, 6.07) is 0. The van der Waals surface area contributed by atoms with Gasteiger partial charge in [0.2, 0.25) is 0 Å². The third-order valence-corrected chi connectivity index (χ3v) is 3.33. The van der Waals surface area contributed by atoms with Crippen LogP contribution < -0.4 is 0 Å². The second-order valence-electron chi connectivity index (χ2n) is 4.38. The standard InChI is InChI=1S/C11H23NO5S2/c1-2-3-4-12(11(18)19)5-7(14)9(16)10(17)8(15)6-13/h7-10,13-17H,2-6H2,1H3,(H,18,19). The maximum Gasteiger partial charge on any atom is 0.133 e. The van der Waals surface area contributed by atoms with Gasteiger partial charge >= 0.3 is 0 Å². The molecule has 0 aromatic rings. The summed E-state index contributed by atoms with van der Waals surface area (Å²) in [6.07, 6.45) is -4.21. The van der Waals surface area contributed by atoms with E-state index in [-0.39, 0.29) is 10.9 Å². The van der Waals surface area contributed by atoms with E-state index in [4.69, 9.17) is 17.3 Å². The van der Waals surface area contributed by atoms with Gasteiger partial charge < -0.3 is 30.4 Å². The quantitative estimate of drug-likeness (QED) is 0.233. The maximum absolute atomic E-state index is 9.81. The van der Waals surface area contributed by atoms with Crippen molar-refractivity contribution in [3.63, 3.8) is 0 Å². The molecule has 0 heterocycles. The second-order valence-corrected chi connectivity index (χ2v) is 5.49. The summed E-state index contributed by atoms with van der Waals surface area (Å²) in [7, 11) is 0. The lowest BCUT2D eigenvalue weighted by molar-refractivity contribution is -0.117. The van der Waals surface area contributed by atoms with E-state index < -0.39 is 31.0 Å².